The highest BCUT2D eigenvalue weighted by Gasteiger charge is 2.31. The fourth-order valence-corrected chi connectivity index (χ4v) is 1.66. The van der Waals surface area contributed by atoms with Crippen LogP contribution in [0.1, 0.15) is 12.8 Å². The number of esters is 1. The first-order valence-electron chi connectivity index (χ1n) is 5.37. The summed E-state index contributed by atoms with van der Waals surface area (Å²) < 4.78 is 5.97. The second kappa shape index (κ2) is 5.48. The van der Waals surface area contributed by atoms with Crippen LogP contribution in [-0.4, -0.2) is 18.5 Å². The van der Waals surface area contributed by atoms with Gasteiger partial charge in [-0.25, -0.2) is 0 Å². The number of rotatable bonds is 4. The Bertz CT molecular complexity index is 426. The SMILES string of the molecule is O=C(COC(=O)C1CC1)Nc1ccc(I)cc1. The van der Waals surface area contributed by atoms with Crippen LogP contribution in [0, 0.1) is 9.49 Å². The normalized spacial score (nSPS) is 14.2. The van der Waals surface area contributed by atoms with Gasteiger partial charge in [-0.3, -0.25) is 9.59 Å². The summed E-state index contributed by atoms with van der Waals surface area (Å²) in [5, 5.41) is 2.66. The molecule has 1 aromatic carbocycles. The molecule has 0 aromatic heterocycles. The Morgan fingerprint density at radius 2 is 1.94 bits per heavy atom. The lowest BCUT2D eigenvalue weighted by molar-refractivity contribution is -0.148. The van der Waals surface area contributed by atoms with Crippen LogP contribution in [-0.2, 0) is 14.3 Å². The fraction of sp³-hybridized carbons (Fsp3) is 0.333. The van der Waals surface area contributed by atoms with E-state index in [9.17, 15) is 9.59 Å². The smallest absolute Gasteiger partial charge is 0.309 e. The molecule has 0 bridgehead atoms. The highest BCUT2D eigenvalue weighted by Crippen LogP contribution is 2.29. The highest BCUT2D eigenvalue weighted by atomic mass is 127. The molecule has 0 saturated heterocycles. The van der Waals surface area contributed by atoms with Crippen LogP contribution in [0.25, 0.3) is 0 Å². The second-order valence-electron chi connectivity index (χ2n) is 3.94. The minimum absolute atomic E-state index is 0.0288. The van der Waals surface area contributed by atoms with E-state index in [1.807, 2.05) is 24.3 Å². The van der Waals surface area contributed by atoms with Crippen LogP contribution >= 0.6 is 22.6 Å². The van der Waals surface area contributed by atoms with E-state index < -0.39 is 0 Å². The molecule has 90 valence electrons. The monoisotopic (exact) mass is 345 g/mol. The van der Waals surface area contributed by atoms with Crippen molar-refractivity contribution in [2.75, 3.05) is 11.9 Å². The zero-order valence-electron chi connectivity index (χ0n) is 9.11. The molecule has 0 atom stereocenters. The zero-order chi connectivity index (χ0) is 12.3. The van der Waals surface area contributed by atoms with Crippen molar-refractivity contribution in [3.63, 3.8) is 0 Å². The van der Waals surface area contributed by atoms with Crippen LogP contribution in [0.4, 0.5) is 5.69 Å². The van der Waals surface area contributed by atoms with E-state index in [0.29, 0.717) is 5.69 Å². The van der Waals surface area contributed by atoms with Gasteiger partial charge in [-0.1, -0.05) is 0 Å². The molecular formula is C12H12INO3. The zero-order valence-corrected chi connectivity index (χ0v) is 11.3. The Balaban J connectivity index is 1.76. The summed E-state index contributed by atoms with van der Waals surface area (Å²) in [7, 11) is 0. The third-order valence-electron chi connectivity index (χ3n) is 2.38. The summed E-state index contributed by atoms with van der Waals surface area (Å²) in [5.41, 5.74) is 0.706. The maximum Gasteiger partial charge on any atom is 0.309 e. The van der Waals surface area contributed by atoms with Crippen molar-refractivity contribution >= 4 is 40.2 Å². The Morgan fingerprint density at radius 1 is 1.29 bits per heavy atom. The van der Waals surface area contributed by atoms with Crippen molar-refractivity contribution < 1.29 is 14.3 Å². The Labute approximate surface area is 113 Å². The van der Waals surface area contributed by atoms with Gasteiger partial charge in [-0.05, 0) is 59.7 Å². The van der Waals surface area contributed by atoms with Crippen molar-refractivity contribution in [1.82, 2.24) is 0 Å². The van der Waals surface area contributed by atoms with E-state index in [4.69, 9.17) is 4.74 Å². The Kier molecular flexibility index (Phi) is 3.98. The maximum absolute atomic E-state index is 11.5. The minimum Gasteiger partial charge on any atom is -0.455 e. The third-order valence-corrected chi connectivity index (χ3v) is 3.10. The quantitative estimate of drug-likeness (QED) is 0.672. The summed E-state index contributed by atoms with van der Waals surface area (Å²) in [4.78, 5) is 22.7. The number of hydrogen-bond acceptors (Lipinski definition) is 3. The van der Waals surface area contributed by atoms with Gasteiger partial charge in [0.15, 0.2) is 6.61 Å². The van der Waals surface area contributed by atoms with Crippen LogP contribution in [0.15, 0.2) is 24.3 Å². The van der Waals surface area contributed by atoms with Crippen molar-refractivity contribution in [3.8, 4) is 0 Å². The molecule has 0 spiro atoms. The Hall–Kier alpha value is -1.11. The largest absolute Gasteiger partial charge is 0.455 e. The van der Waals surface area contributed by atoms with E-state index in [2.05, 4.69) is 27.9 Å². The lowest BCUT2D eigenvalue weighted by Gasteiger charge is -2.06. The average molecular weight is 345 g/mol. The highest BCUT2D eigenvalue weighted by molar-refractivity contribution is 14.1. The topological polar surface area (TPSA) is 55.4 Å². The molecular weight excluding hydrogens is 333 g/mol. The average Bonchev–Trinajstić information content (AvgIpc) is 3.13. The molecule has 1 amide bonds. The summed E-state index contributed by atoms with van der Waals surface area (Å²) in [5.74, 6) is -0.538. The van der Waals surface area contributed by atoms with Gasteiger partial charge in [0.05, 0.1) is 5.92 Å². The summed E-state index contributed by atoms with van der Waals surface area (Å²) >= 11 is 2.19. The van der Waals surface area contributed by atoms with E-state index in [1.54, 1.807) is 0 Å². The number of halogens is 1. The number of hydrogen-bond donors (Lipinski definition) is 1. The van der Waals surface area contributed by atoms with Crippen LogP contribution in [0.5, 0.6) is 0 Å². The number of ether oxygens (including phenoxy) is 1. The molecule has 2 rings (SSSR count). The molecule has 5 heteroatoms. The number of benzene rings is 1. The van der Waals surface area contributed by atoms with Crippen molar-refractivity contribution in [3.05, 3.63) is 27.8 Å². The first-order valence-corrected chi connectivity index (χ1v) is 6.45. The molecule has 4 nitrogen and oxygen atoms in total. The Morgan fingerprint density at radius 3 is 2.53 bits per heavy atom. The molecule has 1 fully saturated rings. The number of anilines is 1. The third kappa shape index (κ3) is 3.99. The van der Waals surface area contributed by atoms with Gasteiger partial charge in [-0.15, -0.1) is 0 Å². The van der Waals surface area contributed by atoms with Gasteiger partial charge in [0.25, 0.3) is 5.91 Å². The molecule has 1 aromatic rings. The standard InChI is InChI=1S/C12H12INO3/c13-9-3-5-10(6-4-9)14-11(15)7-17-12(16)8-1-2-8/h3-6,8H,1-2,7H2,(H,14,15). The summed E-state index contributed by atoms with van der Waals surface area (Å²) in [6.07, 6.45) is 1.77. The number of carbonyl (C=O) groups is 2. The van der Waals surface area contributed by atoms with E-state index >= 15 is 0 Å². The van der Waals surface area contributed by atoms with Crippen LogP contribution in [0.2, 0.25) is 0 Å². The molecule has 1 aliphatic rings. The molecule has 0 radical (unpaired) electrons. The van der Waals surface area contributed by atoms with Gasteiger partial charge >= 0.3 is 5.97 Å². The van der Waals surface area contributed by atoms with Crippen molar-refractivity contribution in [2.24, 2.45) is 5.92 Å². The molecule has 0 heterocycles. The van der Waals surface area contributed by atoms with Crippen LogP contribution < -0.4 is 5.32 Å². The number of amides is 1. The molecule has 1 saturated carbocycles. The van der Waals surface area contributed by atoms with Gasteiger partial charge in [0.2, 0.25) is 0 Å². The van der Waals surface area contributed by atoms with Crippen molar-refractivity contribution in [2.45, 2.75) is 12.8 Å². The lowest BCUT2D eigenvalue weighted by atomic mass is 10.3. The maximum atomic E-state index is 11.5. The van der Waals surface area contributed by atoms with Gasteiger partial charge < -0.3 is 10.1 Å². The predicted molar refractivity (Wildman–Crippen MR) is 71.5 cm³/mol. The fourth-order valence-electron chi connectivity index (χ4n) is 1.30. The van der Waals surface area contributed by atoms with Gasteiger partial charge in [0, 0.05) is 9.26 Å². The molecule has 17 heavy (non-hydrogen) atoms. The van der Waals surface area contributed by atoms with E-state index in [0.717, 1.165) is 16.4 Å². The summed E-state index contributed by atoms with van der Waals surface area (Å²) in [6, 6.07) is 7.41. The van der Waals surface area contributed by atoms with Crippen molar-refractivity contribution in [1.29, 1.82) is 0 Å². The molecule has 1 N–H and O–H groups in total. The van der Waals surface area contributed by atoms with Gasteiger partial charge in [-0.2, -0.15) is 0 Å². The first kappa shape index (κ1) is 12.3. The lowest BCUT2D eigenvalue weighted by Crippen LogP contribution is -2.21. The minimum atomic E-state index is -0.305. The molecule has 0 unspecified atom stereocenters. The second-order valence-corrected chi connectivity index (χ2v) is 5.18. The predicted octanol–water partition coefficient (Wildman–Crippen LogP) is 2.18. The number of carbonyl (C=O) groups excluding carboxylic acids is 2. The summed E-state index contributed by atoms with van der Waals surface area (Å²) in [6.45, 7) is -0.207. The first-order chi connectivity index (χ1) is 8.15. The van der Waals surface area contributed by atoms with Gasteiger partial charge in [0.1, 0.15) is 0 Å². The molecule has 1 aliphatic carbocycles. The number of nitrogens with one attached hydrogen (secondary N) is 1. The molecule has 0 aliphatic heterocycles. The van der Waals surface area contributed by atoms with E-state index in [1.165, 1.54) is 0 Å². The van der Waals surface area contributed by atoms with Crippen LogP contribution in [0.3, 0.4) is 0 Å². The van der Waals surface area contributed by atoms with E-state index in [-0.39, 0.29) is 24.4 Å².